The maximum absolute atomic E-state index is 11.2. The smallest absolute Gasteiger partial charge is 0.320 e. The maximum atomic E-state index is 11.2. The number of carbonyl (C=O) groups is 1. The molecule has 1 N–H and O–H groups in total. The molecule has 1 aliphatic carbocycles. The topological polar surface area (TPSA) is 38.3 Å². The minimum Gasteiger partial charge on any atom is -0.468 e. The highest BCUT2D eigenvalue weighted by atomic mass is 79.9. The lowest BCUT2D eigenvalue weighted by Gasteiger charge is -2.27. The van der Waals surface area contributed by atoms with Crippen LogP contribution in [0.3, 0.4) is 0 Å². The monoisotopic (exact) mass is 309 g/mol. The quantitative estimate of drug-likeness (QED) is 0.603. The molecule has 16 heavy (non-hydrogen) atoms. The summed E-state index contributed by atoms with van der Waals surface area (Å²) >= 11 is 5.26. The fourth-order valence-electron chi connectivity index (χ4n) is 2.11. The van der Waals surface area contributed by atoms with Crippen LogP contribution >= 0.6 is 27.7 Å². The molecule has 1 atom stereocenters. The van der Waals surface area contributed by atoms with Crippen molar-refractivity contribution in [2.75, 3.05) is 26.5 Å². The molecule has 0 heterocycles. The van der Waals surface area contributed by atoms with Gasteiger partial charge in [0.2, 0.25) is 0 Å². The van der Waals surface area contributed by atoms with Crippen molar-refractivity contribution in [1.82, 2.24) is 5.32 Å². The lowest BCUT2D eigenvalue weighted by Crippen LogP contribution is -2.39. The summed E-state index contributed by atoms with van der Waals surface area (Å²) in [7, 11) is 1.41. The molecular weight excluding hydrogens is 290 g/mol. The predicted molar refractivity (Wildman–Crippen MR) is 72.3 cm³/mol. The molecule has 3 nitrogen and oxygen atoms in total. The minimum absolute atomic E-state index is 0.211. The van der Waals surface area contributed by atoms with Crippen LogP contribution in [0.2, 0.25) is 0 Å². The zero-order chi connectivity index (χ0) is 12.0. The van der Waals surface area contributed by atoms with Gasteiger partial charge in [-0.25, -0.2) is 0 Å². The van der Waals surface area contributed by atoms with Crippen molar-refractivity contribution in [2.45, 2.75) is 35.3 Å². The number of hydrogen-bond donors (Lipinski definition) is 1. The van der Waals surface area contributed by atoms with Crippen molar-refractivity contribution >= 4 is 33.7 Å². The Morgan fingerprint density at radius 2 is 2.19 bits per heavy atom. The second-order valence-corrected chi connectivity index (χ2v) is 6.60. The fraction of sp³-hybridized carbons (Fsp3) is 0.909. The Morgan fingerprint density at radius 3 is 2.69 bits per heavy atom. The molecule has 0 aromatic rings. The van der Waals surface area contributed by atoms with E-state index in [1.165, 1.54) is 32.8 Å². The standard InChI is InChI=1S/C11H20BrNO2S/c1-15-10(14)9(12)7-13-8-11(16-2)5-3-4-6-11/h9,13H,3-8H2,1-2H3. The van der Waals surface area contributed by atoms with Gasteiger partial charge in [0.05, 0.1) is 7.11 Å². The molecule has 1 saturated carbocycles. The van der Waals surface area contributed by atoms with Gasteiger partial charge >= 0.3 is 5.97 Å². The maximum Gasteiger partial charge on any atom is 0.320 e. The Morgan fingerprint density at radius 1 is 1.56 bits per heavy atom. The molecular formula is C11H20BrNO2S. The van der Waals surface area contributed by atoms with Crippen molar-refractivity contribution in [3.63, 3.8) is 0 Å². The Labute approximate surface area is 110 Å². The molecule has 0 aromatic carbocycles. The molecule has 1 unspecified atom stereocenters. The first-order valence-corrected chi connectivity index (χ1v) is 7.75. The number of nitrogens with one attached hydrogen (secondary N) is 1. The van der Waals surface area contributed by atoms with Gasteiger partial charge in [0.25, 0.3) is 0 Å². The van der Waals surface area contributed by atoms with Crippen LogP contribution in [0.4, 0.5) is 0 Å². The van der Waals surface area contributed by atoms with Crippen LogP contribution < -0.4 is 5.32 Å². The van der Waals surface area contributed by atoms with Crippen LogP contribution in [0.1, 0.15) is 25.7 Å². The molecule has 0 aromatic heterocycles. The third-order valence-electron chi connectivity index (χ3n) is 3.18. The second kappa shape index (κ2) is 6.87. The third-order valence-corrected chi connectivity index (χ3v) is 5.29. The molecule has 0 amide bonds. The van der Waals surface area contributed by atoms with Gasteiger partial charge in [-0.1, -0.05) is 28.8 Å². The van der Waals surface area contributed by atoms with E-state index in [0.29, 0.717) is 11.3 Å². The van der Waals surface area contributed by atoms with E-state index in [4.69, 9.17) is 0 Å². The molecule has 0 bridgehead atoms. The minimum atomic E-state index is -0.238. The molecule has 1 fully saturated rings. The Kier molecular flexibility index (Phi) is 6.15. The molecule has 0 radical (unpaired) electrons. The summed E-state index contributed by atoms with van der Waals surface area (Å²) in [6, 6.07) is 0. The number of halogens is 1. The largest absolute Gasteiger partial charge is 0.468 e. The van der Waals surface area contributed by atoms with Crippen molar-refractivity contribution in [3.05, 3.63) is 0 Å². The van der Waals surface area contributed by atoms with E-state index < -0.39 is 0 Å². The van der Waals surface area contributed by atoms with Crippen LogP contribution in [0, 0.1) is 0 Å². The number of hydrogen-bond acceptors (Lipinski definition) is 4. The molecule has 94 valence electrons. The number of esters is 1. The first kappa shape index (κ1) is 14.3. The predicted octanol–water partition coefficient (Wildman–Crippen LogP) is 2.19. The SMILES string of the molecule is COC(=O)C(Br)CNCC1(SC)CCCC1. The normalized spacial score (nSPS) is 20.7. The van der Waals surface area contributed by atoms with Gasteiger partial charge in [-0.15, -0.1) is 0 Å². The first-order chi connectivity index (χ1) is 7.63. The number of carbonyl (C=O) groups excluding carboxylic acids is 1. The third kappa shape index (κ3) is 3.93. The highest BCUT2D eigenvalue weighted by Crippen LogP contribution is 2.39. The number of alkyl halides is 1. The summed E-state index contributed by atoms with van der Waals surface area (Å²) in [6.45, 7) is 1.61. The summed E-state index contributed by atoms with van der Waals surface area (Å²) in [4.78, 5) is 10.9. The van der Waals surface area contributed by atoms with E-state index in [2.05, 4.69) is 32.2 Å². The van der Waals surface area contributed by atoms with E-state index in [9.17, 15) is 4.79 Å². The van der Waals surface area contributed by atoms with Crippen molar-refractivity contribution in [3.8, 4) is 0 Å². The highest BCUT2D eigenvalue weighted by Gasteiger charge is 2.32. The van der Waals surface area contributed by atoms with Crippen LogP contribution in [0.5, 0.6) is 0 Å². The van der Waals surface area contributed by atoms with Crippen molar-refractivity contribution in [2.24, 2.45) is 0 Å². The van der Waals surface area contributed by atoms with Crippen LogP contribution in [0.25, 0.3) is 0 Å². The second-order valence-electron chi connectivity index (χ2n) is 4.22. The molecule has 1 aliphatic rings. The summed E-state index contributed by atoms with van der Waals surface area (Å²) in [5, 5.41) is 3.37. The molecule has 0 aliphatic heterocycles. The van der Waals surface area contributed by atoms with Crippen molar-refractivity contribution in [1.29, 1.82) is 0 Å². The first-order valence-electron chi connectivity index (χ1n) is 5.61. The average Bonchev–Trinajstić information content (AvgIpc) is 2.77. The lowest BCUT2D eigenvalue weighted by molar-refractivity contribution is -0.139. The van der Waals surface area contributed by atoms with Gasteiger partial charge in [-0.05, 0) is 19.1 Å². The van der Waals surface area contributed by atoms with Crippen LogP contribution in [-0.4, -0.2) is 42.0 Å². The summed E-state index contributed by atoms with van der Waals surface area (Å²) in [6.07, 6.45) is 7.41. The number of thioether (sulfide) groups is 1. The van der Waals surface area contributed by atoms with Gasteiger partial charge in [0.1, 0.15) is 4.83 Å². The van der Waals surface area contributed by atoms with Gasteiger partial charge in [-0.3, -0.25) is 4.79 Å². The molecule has 0 spiro atoms. The zero-order valence-corrected chi connectivity index (χ0v) is 12.3. The number of rotatable bonds is 6. The molecule has 0 saturated heterocycles. The lowest BCUT2D eigenvalue weighted by atomic mass is 10.1. The summed E-state index contributed by atoms with van der Waals surface area (Å²) in [5.74, 6) is -0.211. The van der Waals surface area contributed by atoms with Crippen LogP contribution in [-0.2, 0) is 9.53 Å². The highest BCUT2D eigenvalue weighted by molar-refractivity contribution is 9.10. The molecule has 1 rings (SSSR count). The van der Waals surface area contributed by atoms with E-state index >= 15 is 0 Å². The molecule has 5 heteroatoms. The van der Waals surface area contributed by atoms with E-state index in [1.54, 1.807) is 0 Å². The Hall–Kier alpha value is 0.260. The average molecular weight is 310 g/mol. The van der Waals surface area contributed by atoms with Gasteiger partial charge < -0.3 is 10.1 Å². The summed E-state index contributed by atoms with van der Waals surface area (Å²) in [5.41, 5.74) is 0. The Balaban J connectivity index is 2.26. The summed E-state index contributed by atoms with van der Waals surface area (Å²) < 4.78 is 5.05. The van der Waals surface area contributed by atoms with E-state index in [0.717, 1.165) is 6.54 Å². The van der Waals surface area contributed by atoms with Crippen LogP contribution in [0.15, 0.2) is 0 Å². The zero-order valence-electron chi connectivity index (χ0n) is 9.92. The van der Waals surface area contributed by atoms with Gasteiger partial charge in [0.15, 0.2) is 0 Å². The van der Waals surface area contributed by atoms with Crippen molar-refractivity contribution < 1.29 is 9.53 Å². The van der Waals surface area contributed by atoms with Gasteiger partial charge in [-0.2, -0.15) is 11.8 Å². The number of methoxy groups -OCH3 is 1. The Bertz CT molecular complexity index is 232. The van der Waals surface area contributed by atoms with E-state index in [-0.39, 0.29) is 10.8 Å². The fourth-order valence-corrected chi connectivity index (χ4v) is 3.47. The number of ether oxygens (including phenoxy) is 1. The van der Waals surface area contributed by atoms with E-state index in [1.807, 2.05) is 11.8 Å². The van der Waals surface area contributed by atoms with Gasteiger partial charge in [0, 0.05) is 17.8 Å².